The van der Waals surface area contributed by atoms with Crippen molar-refractivity contribution in [2.24, 2.45) is 0 Å². The highest BCUT2D eigenvalue weighted by atomic mass is 28.3. The van der Waals surface area contributed by atoms with Crippen molar-refractivity contribution in [2.75, 3.05) is 18.4 Å². The third-order valence-corrected chi connectivity index (χ3v) is 9.20. The van der Waals surface area contributed by atoms with Crippen LogP contribution in [-0.4, -0.2) is 44.4 Å². The van der Waals surface area contributed by atoms with E-state index in [9.17, 15) is 4.79 Å². The minimum atomic E-state index is -1.31. The molecule has 4 heteroatoms. The van der Waals surface area contributed by atoms with Crippen LogP contribution in [0.1, 0.15) is 25.3 Å². The first-order chi connectivity index (χ1) is 12.4. The zero-order valence-electron chi connectivity index (χ0n) is 16.4. The average molecular weight is 367 g/mol. The molecular weight excluding hydrogens is 336 g/mol. The molecule has 0 bridgehead atoms. The van der Waals surface area contributed by atoms with Gasteiger partial charge in [-0.2, -0.15) is 0 Å². The van der Waals surface area contributed by atoms with Crippen molar-refractivity contribution in [3.05, 3.63) is 52.8 Å². The quantitative estimate of drug-likeness (QED) is 0.642. The van der Waals surface area contributed by atoms with Gasteiger partial charge in [-0.15, -0.1) is 0 Å². The number of allylic oxidation sites excluding steroid dienone is 1. The third-order valence-electron chi connectivity index (χ3n) is 6.82. The first-order valence-corrected chi connectivity index (χ1v) is 13.3. The van der Waals surface area contributed by atoms with Crippen LogP contribution in [0.15, 0.2) is 47.2 Å². The number of anilines is 1. The highest BCUT2D eigenvalue weighted by molar-refractivity contribution is 6.83. The van der Waals surface area contributed by atoms with E-state index in [2.05, 4.69) is 73.2 Å². The van der Waals surface area contributed by atoms with Gasteiger partial charge < -0.3 is 5.32 Å². The largest absolute Gasteiger partial charge is 0.377 e. The zero-order chi connectivity index (χ0) is 18.5. The first kappa shape index (κ1) is 17.7. The van der Waals surface area contributed by atoms with Crippen LogP contribution in [0.25, 0.3) is 0 Å². The Labute approximate surface area is 158 Å². The van der Waals surface area contributed by atoms with Gasteiger partial charge in [-0.1, -0.05) is 55.2 Å². The Morgan fingerprint density at radius 3 is 2.81 bits per heavy atom. The van der Waals surface area contributed by atoms with Gasteiger partial charge in [-0.25, -0.2) is 0 Å². The molecular formula is C22H30N2OSi. The van der Waals surface area contributed by atoms with E-state index in [1.54, 1.807) is 5.20 Å². The highest BCUT2D eigenvalue weighted by Gasteiger charge is 2.59. The molecule has 1 spiro atoms. The molecule has 0 unspecified atom stereocenters. The summed E-state index contributed by atoms with van der Waals surface area (Å²) in [5.41, 5.74) is 3.62. The Balaban J connectivity index is 1.74. The topological polar surface area (TPSA) is 32.3 Å². The van der Waals surface area contributed by atoms with Crippen LogP contribution in [0.4, 0.5) is 5.69 Å². The minimum Gasteiger partial charge on any atom is -0.377 e. The van der Waals surface area contributed by atoms with Crippen molar-refractivity contribution < 1.29 is 4.79 Å². The summed E-state index contributed by atoms with van der Waals surface area (Å²) in [5, 5.41) is 5.32. The number of carbonyl (C=O) groups is 1. The summed E-state index contributed by atoms with van der Waals surface area (Å²) in [5.74, 6) is 0. The molecule has 0 amide bonds. The number of carbonyl (C=O) groups excluding carboxylic acids is 1. The molecule has 0 aromatic heterocycles. The van der Waals surface area contributed by atoms with E-state index in [4.69, 9.17) is 0 Å². The normalized spacial score (nSPS) is 30.9. The number of para-hydroxylation sites is 1. The number of likely N-dealkylation sites (tertiary alicyclic amines) is 1. The van der Waals surface area contributed by atoms with Crippen LogP contribution in [0, 0.1) is 0 Å². The van der Waals surface area contributed by atoms with E-state index in [1.165, 1.54) is 11.3 Å². The lowest BCUT2D eigenvalue weighted by atomic mass is 9.65. The SMILES string of the molecule is C/C=C(/CN1CC[C@]23c4ccccc4N[C@H]2C(C=O)=CC[C@H]13)[Si](C)(C)C. The number of rotatable bonds is 4. The summed E-state index contributed by atoms with van der Waals surface area (Å²) in [4.78, 5) is 14.4. The lowest BCUT2D eigenvalue weighted by molar-refractivity contribution is -0.105. The molecule has 0 saturated carbocycles. The fraction of sp³-hybridized carbons (Fsp3) is 0.500. The Kier molecular flexibility index (Phi) is 4.24. The van der Waals surface area contributed by atoms with Gasteiger partial charge in [0.2, 0.25) is 0 Å². The van der Waals surface area contributed by atoms with E-state index in [1.807, 2.05) is 0 Å². The molecule has 138 valence electrons. The monoisotopic (exact) mass is 366 g/mol. The second kappa shape index (κ2) is 6.21. The smallest absolute Gasteiger partial charge is 0.147 e. The molecule has 1 N–H and O–H groups in total. The molecule has 0 radical (unpaired) electrons. The molecule has 1 aromatic rings. The van der Waals surface area contributed by atoms with Gasteiger partial charge in [-0.3, -0.25) is 9.69 Å². The van der Waals surface area contributed by atoms with Gasteiger partial charge in [0.1, 0.15) is 6.29 Å². The lowest BCUT2D eigenvalue weighted by Gasteiger charge is -2.43. The van der Waals surface area contributed by atoms with Crippen LogP contribution >= 0.6 is 0 Å². The van der Waals surface area contributed by atoms with E-state index in [0.717, 1.165) is 37.8 Å². The van der Waals surface area contributed by atoms with Crippen LogP contribution in [0.3, 0.4) is 0 Å². The Bertz CT molecular complexity index is 792. The lowest BCUT2D eigenvalue weighted by Crippen LogP contribution is -2.53. The fourth-order valence-corrected chi connectivity index (χ4v) is 7.02. The molecule has 2 heterocycles. The predicted molar refractivity (Wildman–Crippen MR) is 111 cm³/mol. The summed E-state index contributed by atoms with van der Waals surface area (Å²) < 4.78 is 0. The molecule has 26 heavy (non-hydrogen) atoms. The van der Waals surface area contributed by atoms with E-state index >= 15 is 0 Å². The maximum atomic E-state index is 11.8. The second-order valence-electron chi connectivity index (χ2n) is 9.02. The molecule has 4 rings (SSSR count). The molecule has 3 aliphatic rings. The minimum absolute atomic E-state index is 0.0415. The van der Waals surface area contributed by atoms with Gasteiger partial charge in [0.15, 0.2) is 0 Å². The summed E-state index contributed by atoms with van der Waals surface area (Å²) >= 11 is 0. The third kappa shape index (κ3) is 2.46. The Morgan fingerprint density at radius 2 is 2.12 bits per heavy atom. The molecule has 2 aliphatic heterocycles. The second-order valence-corrected chi connectivity index (χ2v) is 14.2. The van der Waals surface area contributed by atoms with Crippen molar-refractivity contribution in [3.8, 4) is 0 Å². The van der Waals surface area contributed by atoms with Gasteiger partial charge in [0.05, 0.1) is 14.1 Å². The van der Waals surface area contributed by atoms with Crippen LogP contribution < -0.4 is 5.32 Å². The van der Waals surface area contributed by atoms with Crippen molar-refractivity contribution in [1.29, 1.82) is 0 Å². The molecule has 3 nitrogen and oxygen atoms in total. The van der Waals surface area contributed by atoms with Crippen molar-refractivity contribution in [3.63, 3.8) is 0 Å². The number of fused-ring (bicyclic) bond motifs is 1. The number of hydrogen-bond donors (Lipinski definition) is 1. The maximum absolute atomic E-state index is 11.8. The van der Waals surface area contributed by atoms with E-state index in [-0.39, 0.29) is 11.5 Å². The van der Waals surface area contributed by atoms with Crippen molar-refractivity contribution in [2.45, 2.75) is 56.9 Å². The molecule has 1 aliphatic carbocycles. The predicted octanol–water partition coefficient (Wildman–Crippen LogP) is 4.15. The maximum Gasteiger partial charge on any atom is 0.147 e. The van der Waals surface area contributed by atoms with E-state index < -0.39 is 8.07 Å². The van der Waals surface area contributed by atoms with Crippen molar-refractivity contribution in [1.82, 2.24) is 4.90 Å². The van der Waals surface area contributed by atoms with E-state index in [0.29, 0.717) is 6.04 Å². The zero-order valence-corrected chi connectivity index (χ0v) is 17.4. The number of nitrogens with one attached hydrogen (secondary N) is 1. The standard InChI is InChI=1S/C22H30N2OSi/c1-5-17(26(2,3)4)14-24-13-12-22-18-8-6-7-9-19(18)23-21(22)16(15-25)10-11-20(22)24/h5-10,15,20-21,23H,11-14H2,1-4H3/b17-5-/t20-,21-,22+/m0/s1. The van der Waals surface area contributed by atoms with Crippen LogP contribution in [0.5, 0.6) is 0 Å². The van der Waals surface area contributed by atoms with Crippen molar-refractivity contribution >= 4 is 20.0 Å². The Morgan fingerprint density at radius 1 is 1.35 bits per heavy atom. The van der Waals surface area contributed by atoms with Gasteiger partial charge in [-0.05, 0) is 37.9 Å². The highest BCUT2D eigenvalue weighted by Crippen LogP contribution is 2.55. The molecule has 3 atom stereocenters. The average Bonchev–Trinajstić information content (AvgIpc) is 3.15. The first-order valence-electron chi connectivity index (χ1n) is 9.83. The van der Waals surface area contributed by atoms with Crippen LogP contribution in [0.2, 0.25) is 19.6 Å². The van der Waals surface area contributed by atoms with Gasteiger partial charge >= 0.3 is 0 Å². The number of hydrogen-bond acceptors (Lipinski definition) is 3. The summed E-state index contributed by atoms with van der Waals surface area (Å²) in [6, 6.07) is 9.29. The molecule has 1 saturated heterocycles. The van der Waals surface area contributed by atoms with Gasteiger partial charge in [0.25, 0.3) is 0 Å². The molecule has 1 fully saturated rings. The van der Waals surface area contributed by atoms with Crippen LogP contribution in [-0.2, 0) is 10.2 Å². The summed E-state index contributed by atoms with van der Waals surface area (Å²) in [6.45, 7) is 11.7. The number of nitrogens with zero attached hydrogens (tertiary/aromatic N) is 1. The Hall–Kier alpha value is -1.65. The molecule has 1 aromatic carbocycles. The number of aldehydes is 1. The van der Waals surface area contributed by atoms with Gasteiger partial charge in [0, 0.05) is 29.3 Å². The summed E-state index contributed by atoms with van der Waals surface area (Å²) in [7, 11) is -1.31. The number of benzene rings is 1. The summed E-state index contributed by atoms with van der Waals surface area (Å²) in [6.07, 6.45) is 7.71. The fourth-order valence-electron chi connectivity index (χ4n) is 5.47.